The molecule has 1 aliphatic rings. The summed E-state index contributed by atoms with van der Waals surface area (Å²) in [5, 5.41) is 7.04. The molecule has 2 heterocycles. The number of ether oxygens (including phenoxy) is 1. The van der Waals surface area contributed by atoms with Crippen LogP contribution in [0.4, 0.5) is 0 Å². The smallest absolute Gasteiger partial charge is 0.151 e. The highest BCUT2D eigenvalue weighted by Gasteiger charge is 2.17. The van der Waals surface area contributed by atoms with Crippen molar-refractivity contribution in [3.8, 4) is 0 Å². The predicted molar refractivity (Wildman–Crippen MR) is 51.8 cm³/mol. The predicted octanol–water partition coefficient (Wildman–Crippen LogP) is -0.115. The van der Waals surface area contributed by atoms with Gasteiger partial charge in [0.05, 0.1) is 0 Å². The zero-order valence-corrected chi connectivity index (χ0v) is 8.20. The van der Waals surface area contributed by atoms with E-state index < -0.39 is 0 Å². The fourth-order valence-electron chi connectivity index (χ4n) is 1.68. The number of rotatable bonds is 4. The molecule has 0 radical (unpaired) electrons. The molecule has 0 amide bonds. The number of aromatic nitrogens is 3. The van der Waals surface area contributed by atoms with Gasteiger partial charge in [0, 0.05) is 26.1 Å². The van der Waals surface area contributed by atoms with Crippen LogP contribution in [0, 0.1) is 5.92 Å². The van der Waals surface area contributed by atoms with E-state index >= 15 is 0 Å². The van der Waals surface area contributed by atoms with E-state index in [9.17, 15) is 0 Å². The van der Waals surface area contributed by atoms with Gasteiger partial charge in [-0.15, -0.1) is 0 Å². The molecule has 2 rings (SSSR count). The van der Waals surface area contributed by atoms with Crippen LogP contribution in [0.2, 0.25) is 0 Å². The first kappa shape index (κ1) is 9.61. The van der Waals surface area contributed by atoms with Gasteiger partial charge in [0.25, 0.3) is 0 Å². The maximum Gasteiger partial charge on any atom is 0.151 e. The van der Waals surface area contributed by atoms with Crippen molar-refractivity contribution in [3.63, 3.8) is 0 Å². The number of hydrogen-bond acceptors (Lipinski definition) is 4. The highest BCUT2D eigenvalue weighted by Crippen LogP contribution is 2.15. The van der Waals surface area contributed by atoms with Crippen molar-refractivity contribution in [2.75, 3.05) is 19.8 Å². The molecule has 5 heteroatoms. The van der Waals surface area contributed by atoms with E-state index in [-0.39, 0.29) is 0 Å². The molecule has 1 aliphatic heterocycles. The number of H-pyrrole nitrogens is 1. The Labute approximate surface area is 83.1 Å². The minimum Gasteiger partial charge on any atom is -0.381 e. The molecule has 0 bridgehead atoms. The molecule has 1 unspecified atom stereocenters. The Hall–Kier alpha value is -0.940. The van der Waals surface area contributed by atoms with E-state index in [0.29, 0.717) is 12.5 Å². The molecule has 1 atom stereocenters. The van der Waals surface area contributed by atoms with Crippen LogP contribution >= 0.6 is 0 Å². The Morgan fingerprint density at radius 2 is 2.50 bits per heavy atom. The molecule has 0 saturated carbocycles. The quantitative estimate of drug-likeness (QED) is 0.704. The van der Waals surface area contributed by atoms with Crippen LogP contribution in [-0.4, -0.2) is 34.9 Å². The van der Waals surface area contributed by atoms with E-state index in [1.807, 2.05) is 0 Å². The lowest BCUT2D eigenvalue weighted by molar-refractivity contribution is 0.185. The van der Waals surface area contributed by atoms with Crippen molar-refractivity contribution >= 4 is 0 Å². The van der Waals surface area contributed by atoms with Gasteiger partial charge in [-0.1, -0.05) is 0 Å². The summed E-state index contributed by atoms with van der Waals surface area (Å²) in [4.78, 5) is 4.36. The first-order chi connectivity index (χ1) is 6.88. The molecular formula is C9H16N4O. The van der Waals surface area contributed by atoms with Crippen molar-refractivity contribution in [1.29, 1.82) is 0 Å². The Bertz CT molecular complexity index is 280. The summed E-state index contributed by atoms with van der Waals surface area (Å²) in [6.45, 7) is 2.34. The summed E-state index contributed by atoms with van der Waals surface area (Å²) >= 11 is 0. The van der Waals surface area contributed by atoms with Crippen molar-refractivity contribution in [1.82, 2.24) is 15.2 Å². The normalized spacial score (nSPS) is 21.6. The van der Waals surface area contributed by atoms with Crippen LogP contribution in [0.3, 0.4) is 0 Å². The average Bonchev–Trinajstić information content (AvgIpc) is 2.79. The molecule has 1 fully saturated rings. The van der Waals surface area contributed by atoms with Crippen LogP contribution in [0.1, 0.15) is 18.1 Å². The Morgan fingerprint density at radius 3 is 3.21 bits per heavy atom. The monoisotopic (exact) mass is 196 g/mol. The number of hydrogen-bond donors (Lipinski definition) is 2. The molecule has 78 valence electrons. The van der Waals surface area contributed by atoms with E-state index in [2.05, 4.69) is 15.2 Å². The summed E-state index contributed by atoms with van der Waals surface area (Å²) in [7, 11) is 0. The average molecular weight is 196 g/mol. The Kier molecular flexibility index (Phi) is 3.10. The van der Waals surface area contributed by atoms with Gasteiger partial charge in [-0.3, -0.25) is 5.10 Å². The highest BCUT2D eigenvalue weighted by molar-refractivity contribution is 4.92. The minimum absolute atomic E-state index is 0.601. The molecule has 1 aromatic rings. The van der Waals surface area contributed by atoms with Crippen molar-refractivity contribution in [2.24, 2.45) is 11.7 Å². The first-order valence-corrected chi connectivity index (χ1v) is 5.06. The van der Waals surface area contributed by atoms with Gasteiger partial charge in [0.1, 0.15) is 5.82 Å². The third-order valence-corrected chi connectivity index (χ3v) is 2.45. The zero-order chi connectivity index (χ0) is 9.80. The second-order valence-electron chi connectivity index (χ2n) is 3.67. The van der Waals surface area contributed by atoms with Gasteiger partial charge in [-0.05, 0) is 18.9 Å². The van der Waals surface area contributed by atoms with Crippen molar-refractivity contribution < 1.29 is 4.74 Å². The van der Waals surface area contributed by atoms with Gasteiger partial charge in [-0.25, -0.2) is 4.98 Å². The van der Waals surface area contributed by atoms with Crippen molar-refractivity contribution in [2.45, 2.75) is 19.3 Å². The lowest BCUT2D eigenvalue weighted by Gasteiger charge is -2.02. The molecule has 0 aromatic carbocycles. The van der Waals surface area contributed by atoms with Crippen LogP contribution in [0.25, 0.3) is 0 Å². The lowest BCUT2D eigenvalue weighted by atomic mass is 10.1. The third kappa shape index (κ3) is 2.30. The van der Waals surface area contributed by atoms with Gasteiger partial charge in [-0.2, -0.15) is 5.10 Å². The zero-order valence-electron chi connectivity index (χ0n) is 8.20. The highest BCUT2D eigenvalue weighted by atomic mass is 16.5. The van der Waals surface area contributed by atoms with Gasteiger partial charge in [0.2, 0.25) is 0 Å². The van der Waals surface area contributed by atoms with Crippen LogP contribution in [0.15, 0.2) is 0 Å². The fraction of sp³-hybridized carbons (Fsp3) is 0.778. The van der Waals surface area contributed by atoms with Gasteiger partial charge < -0.3 is 10.5 Å². The van der Waals surface area contributed by atoms with Crippen LogP contribution in [-0.2, 0) is 17.6 Å². The fourth-order valence-corrected chi connectivity index (χ4v) is 1.68. The standard InChI is InChI=1S/C9H16N4O/c10-3-1-8-11-9(13-12-8)5-7-2-4-14-6-7/h7H,1-6,10H2,(H,11,12,13). The van der Waals surface area contributed by atoms with Crippen LogP contribution < -0.4 is 5.73 Å². The number of aromatic amines is 1. The number of nitrogens with zero attached hydrogens (tertiary/aromatic N) is 2. The molecule has 3 N–H and O–H groups in total. The van der Waals surface area contributed by atoms with Gasteiger partial charge in [0.15, 0.2) is 5.82 Å². The summed E-state index contributed by atoms with van der Waals surface area (Å²) in [6.07, 6.45) is 2.82. The maximum atomic E-state index is 5.42. The summed E-state index contributed by atoms with van der Waals surface area (Å²) in [6, 6.07) is 0. The van der Waals surface area contributed by atoms with E-state index in [1.54, 1.807) is 0 Å². The molecule has 0 spiro atoms. The third-order valence-electron chi connectivity index (χ3n) is 2.45. The minimum atomic E-state index is 0.601. The Balaban J connectivity index is 1.88. The van der Waals surface area contributed by atoms with E-state index in [4.69, 9.17) is 10.5 Å². The largest absolute Gasteiger partial charge is 0.381 e. The topological polar surface area (TPSA) is 76.8 Å². The van der Waals surface area contributed by atoms with Crippen molar-refractivity contribution in [3.05, 3.63) is 11.6 Å². The molecule has 0 aliphatic carbocycles. The molecule has 1 aromatic heterocycles. The molecule has 1 saturated heterocycles. The summed E-state index contributed by atoms with van der Waals surface area (Å²) in [5.74, 6) is 2.39. The lowest BCUT2D eigenvalue weighted by Crippen LogP contribution is -2.06. The maximum absolute atomic E-state index is 5.42. The van der Waals surface area contributed by atoms with E-state index in [1.165, 1.54) is 0 Å². The molecule has 14 heavy (non-hydrogen) atoms. The van der Waals surface area contributed by atoms with Gasteiger partial charge >= 0.3 is 0 Å². The van der Waals surface area contributed by atoms with Crippen LogP contribution in [0.5, 0.6) is 0 Å². The first-order valence-electron chi connectivity index (χ1n) is 5.06. The number of nitrogens with one attached hydrogen (secondary N) is 1. The second kappa shape index (κ2) is 4.52. The van der Waals surface area contributed by atoms with E-state index in [0.717, 1.165) is 44.1 Å². The Morgan fingerprint density at radius 1 is 1.57 bits per heavy atom. The second-order valence-corrected chi connectivity index (χ2v) is 3.67. The molecule has 5 nitrogen and oxygen atoms in total. The summed E-state index contributed by atoms with van der Waals surface area (Å²) < 4.78 is 5.30. The SMILES string of the molecule is NCCc1n[nH]c(CC2CCOC2)n1. The molecular weight excluding hydrogens is 180 g/mol. The summed E-state index contributed by atoms with van der Waals surface area (Å²) in [5.41, 5.74) is 5.42. The number of nitrogens with two attached hydrogens (primary N) is 1.